The lowest BCUT2D eigenvalue weighted by Crippen LogP contribution is -2.02. The summed E-state index contributed by atoms with van der Waals surface area (Å²) in [4.78, 5) is 4.97. The van der Waals surface area contributed by atoms with Gasteiger partial charge in [-0.1, -0.05) is 53.5 Å². The fourth-order valence-corrected chi connectivity index (χ4v) is 4.80. The molecule has 3 aromatic heterocycles. The van der Waals surface area contributed by atoms with E-state index < -0.39 is 0 Å². The summed E-state index contributed by atoms with van der Waals surface area (Å²) in [5.74, 6) is 0. The fourth-order valence-electron chi connectivity index (χ4n) is 4.23. The Bertz CT molecular complexity index is 1540. The minimum absolute atomic E-state index is 0.645. The molecule has 3 heterocycles. The molecule has 0 spiro atoms. The zero-order chi connectivity index (χ0) is 19.5. The number of imidazole rings is 1. The van der Waals surface area contributed by atoms with E-state index in [1.807, 2.05) is 18.2 Å². The Morgan fingerprint density at radius 1 is 0.759 bits per heavy atom. The largest absolute Gasteiger partial charge is 0.311 e. The van der Waals surface area contributed by atoms with Crippen LogP contribution in [0.4, 0.5) is 0 Å². The van der Waals surface area contributed by atoms with Crippen molar-refractivity contribution in [1.82, 2.24) is 13.8 Å². The number of fused-ring (bicyclic) bond motifs is 7. The van der Waals surface area contributed by atoms with E-state index in [1.165, 1.54) is 10.9 Å². The van der Waals surface area contributed by atoms with E-state index in [4.69, 9.17) is 28.2 Å². The van der Waals surface area contributed by atoms with Gasteiger partial charge in [0, 0.05) is 33.7 Å². The second-order valence-corrected chi connectivity index (χ2v) is 8.17. The second-order valence-electron chi connectivity index (χ2n) is 7.29. The summed E-state index contributed by atoms with van der Waals surface area (Å²) in [6, 6.07) is 24.6. The Kier molecular flexibility index (Phi) is 3.64. The number of aromatic nitrogens is 3. The van der Waals surface area contributed by atoms with Gasteiger partial charge in [-0.05, 0) is 48.0 Å². The van der Waals surface area contributed by atoms with Gasteiger partial charge in [-0.2, -0.15) is 0 Å². The summed E-state index contributed by atoms with van der Waals surface area (Å²) in [5.41, 5.74) is 7.48. The van der Waals surface area contributed by atoms with Crippen molar-refractivity contribution in [2.75, 3.05) is 0 Å². The first-order chi connectivity index (χ1) is 14.2. The van der Waals surface area contributed by atoms with Crippen LogP contribution >= 0.6 is 23.2 Å². The Hall–Kier alpha value is -3.01. The third kappa shape index (κ3) is 2.62. The van der Waals surface area contributed by atoms with Gasteiger partial charge in [0.1, 0.15) is 0 Å². The highest BCUT2D eigenvalue weighted by Crippen LogP contribution is 2.29. The smallest absolute Gasteiger partial charge is 0.162 e. The van der Waals surface area contributed by atoms with E-state index in [1.54, 1.807) is 6.07 Å². The summed E-state index contributed by atoms with van der Waals surface area (Å²) in [5, 5.41) is 2.49. The van der Waals surface area contributed by atoms with Crippen molar-refractivity contribution < 1.29 is 0 Å². The number of hydrogen-bond donors (Lipinski definition) is 0. The highest BCUT2D eigenvalue weighted by atomic mass is 35.5. The highest BCUT2D eigenvalue weighted by molar-refractivity contribution is 6.34. The molecule has 0 bridgehead atoms. The zero-order valence-electron chi connectivity index (χ0n) is 15.3. The summed E-state index contributed by atoms with van der Waals surface area (Å²) in [7, 11) is 0. The molecular formula is C24H15Cl2N3. The number of halogens is 2. The summed E-state index contributed by atoms with van der Waals surface area (Å²) in [6.45, 7) is 0. The molecule has 0 fully saturated rings. The molecular weight excluding hydrogens is 401 g/mol. The van der Waals surface area contributed by atoms with Crippen LogP contribution in [-0.4, -0.2) is 13.8 Å². The summed E-state index contributed by atoms with van der Waals surface area (Å²) >= 11 is 12.5. The average molecular weight is 416 g/mol. The van der Waals surface area contributed by atoms with E-state index in [0.29, 0.717) is 16.5 Å². The lowest BCUT2D eigenvalue weighted by Gasteiger charge is -2.11. The molecule has 29 heavy (non-hydrogen) atoms. The van der Waals surface area contributed by atoms with Crippen LogP contribution in [0.2, 0.25) is 10.0 Å². The topological polar surface area (TPSA) is 21.7 Å². The molecule has 6 aromatic rings. The van der Waals surface area contributed by atoms with Crippen molar-refractivity contribution in [3.05, 3.63) is 100 Å². The monoisotopic (exact) mass is 415 g/mol. The fraction of sp³-hybridized carbons (Fsp3) is 0.0417. The van der Waals surface area contributed by atoms with Crippen molar-refractivity contribution in [3.63, 3.8) is 0 Å². The van der Waals surface area contributed by atoms with Crippen molar-refractivity contribution in [2.24, 2.45) is 0 Å². The molecule has 0 aliphatic heterocycles. The molecule has 5 heteroatoms. The van der Waals surface area contributed by atoms with Gasteiger partial charge in [-0.3, -0.25) is 4.40 Å². The summed E-state index contributed by atoms with van der Waals surface area (Å²) < 4.78 is 4.48. The van der Waals surface area contributed by atoms with Crippen LogP contribution in [0.3, 0.4) is 0 Å². The second kappa shape index (κ2) is 6.24. The molecule has 3 nitrogen and oxygen atoms in total. The van der Waals surface area contributed by atoms with E-state index in [-0.39, 0.29) is 0 Å². The predicted octanol–water partition coefficient (Wildman–Crippen LogP) is 6.79. The van der Waals surface area contributed by atoms with Gasteiger partial charge >= 0.3 is 0 Å². The standard InChI is InChI=1S/C24H15Cl2N3/c25-17-9-15(10-18(26)13-17)11-19-14-28-21-7-3-1-5-16(21)12-23(28)24-27-20-6-2-4-8-22(20)29(19)24/h1-10,12-14H,11H2. The molecule has 0 atom stereocenters. The quantitative estimate of drug-likeness (QED) is 0.305. The molecule has 0 aliphatic rings. The van der Waals surface area contributed by atoms with E-state index in [9.17, 15) is 0 Å². The lowest BCUT2D eigenvalue weighted by atomic mass is 10.1. The Morgan fingerprint density at radius 3 is 2.31 bits per heavy atom. The van der Waals surface area contributed by atoms with Gasteiger partial charge in [0.2, 0.25) is 0 Å². The Labute approximate surface area is 176 Å². The normalized spacial score (nSPS) is 11.9. The van der Waals surface area contributed by atoms with Crippen LogP contribution in [0.25, 0.3) is 33.1 Å². The van der Waals surface area contributed by atoms with Crippen molar-refractivity contribution in [2.45, 2.75) is 6.42 Å². The number of hydrogen-bond acceptors (Lipinski definition) is 1. The SMILES string of the molecule is Clc1cc(Cl)cc(Cc2cn3c4ccccc4cc3c3nc4ccccc4n23)c1. The molecule has 0 radical (unpaired) electrons. The van der Waals surface area contributed by atoms with Gasteiger partial charge in [0.25, 0.3) is 0 Å². The molecule has 0 aliphatic carbocycles. The van der Waals surface area contributed by atoms with Gasteiger partial charge in [0.15, 0.2) is 5.65 Å². The van der Waals surface area contributed by atoms with E-state index >= 15 is 0 Å². The van der Waals surface area contributed by atoms with Gasteiger partial charge < -0.3 is 4.40 Å². The lowest BCUT2D eigenvalue weighted by molar-refractivity contribution is 0.992. The van der Waals surface area contributed by atoms with Crippen LogP contribution in [-0.2, 0) is 6.42 Å². The van der Waals surface area contributed by atoms with E-state index in [0.717, 1.165) is 33.5 Å². The van der Waals surface area contributed by atoms with E-state index in [2.05, 4.69) is 63.5 Å². The summed E-state index contributed by atoms with van der Waals surface area (Å²) in [6.07, 6.45) is 2.90. The average Bonchev–Trinajstić information content (AvgIpc) is 3.26. The van der Waals surface area contributed by atoms with Crippen LogP contribution in [0.1, 0.15) is 11.3 Å². The number of benzene rings is 3. The van der Waals surface area contributed by atoms with Gasteiger partial charge in [-0.25, -0.2) is 4.98 Å². The molecule has 0 N–H and O–H groups in total. The third-order valence-electron chi connectivity index (χ3n) is 5.41. The predicted molar refractivity (Wildman–Crippen MR) is 120 cm³/mol. The Morgan fingerprint density at radius 2 is 1.48 bits per heavy atom. The molecule has 0 saturated heterocycles. The van der Waals surface area contributed by atoms with Crippen LogP contribution in [0.15, 0.2) is 79.0 Å². The molecule has 0 unspecified atom stereocenters. The zero-order valence-corrected chi connectivity index (χ0v) is 16.8. The maximum absolute atomic E-state index is 6.26. The molecule has 0 saturated carbocycles. The molecule has 6 rings (SSSR count). The molecule has 0 amide bonds. The highest BCUT2D eigenvalue weighted by Gasteiger charge is 2.15. The first-order valence-electron chi connectivity index (χ1n) is 9.41. The third-order valence-corrected chi connectivity index (χ3v) is 5.85. The number of para-hydroxylation sites is 3. The van der Waals surface area contributed by atoms with Crippen LogP contribution < -0.4 is 0 Å². The van der Waals surface area contributed by atoms with Crippen LogP contribution in [0, 0.1) is 0 Å². The van der Waals surface area contributed by atoms with Crippen molar-refractivity contribution in [3.8, 4) is 0 Å². The first kappa shape index (κ1) is 16.9. The number of nitrogens with zero attached hydrogens (tertiary/aromatic N) is 3. The van der Waals surface area contributed by atoms with Crippen molar-refractivity contribution in [1.29, 1.82) is 0 Å². The minimum atomic E-state index is 0.645. The molecule has 3 aromatic carbocycles. The first-order valence-corrected chi connectivity index (χ1v) is 10.2. The maximum atomic E-state index is 6.26. The minimum Gasteiger partial charge on any atom is -0.311 e. The number of rotatable bonds is 2. The maximum Gasteiger partial charge on any atom is 0.162 e. The van der Waals surface area contributed by atoms with Crippen molar-refractivity contribution >= 4 is 56.3 Å². The Balaban J connectivity index is 1.73. The van der Waals surface area contributed by atoms with Crippen LogP contribution in [0.5, 0.6) is 0 Å². The molecule has 140 valence electrons. The van der Waals surface area contributed by atoms with Gasteiger partial charge in [-0.15, -0.1) is 0 Å². The van der Waals surface area contributed by atoms with Gasteiger partial charge in [0.05, 0.1) is 22.1 Å².